The second kappa shape index (κ2) is 17.3. The third-order valence-electron chi connectivity index (χ3n) is 6.23. The molecule has 1 aromatic carbocycles. The summed E-state index contributed by atoms with van der Waals surface area (Å²) in [5, 5.41) is 10.9. The molecular formula is C30H54O3S. The van der Waals surface area contributed by atoms with E-state index in [0.717, 1.165) is 17.5 Å². The van der Waals surface area contributed by atoms with Gasteiger partial charge >= 0.3 is 5.97 Å². The van der Waals surface area contributed by atoms with Crippen LogP contribution in [-0.2, 0) is 26.2 Å². The summed E-state index contributed by atoms with van der Waals surface area (Å²) in [6.07, 6.45) is 17.8. The number of phenolic OH excluding ortho intramolecular Hbond substituents is 1. The van der Waals surface area contributed by atoms with Gasteiger partial charge in [0.05, 0.1) is 0 Å². The Labute approximate surface area is 217 Å². The van der Waals surface area contributed by atoms with Gasteiger partial charge < -0.3 is 9.29 Å². The van der Waals surface area contributed by atoms with Crippen LogP contribution in [0.3, 0.4) is 0 Å². The quantitative estimate of drug-likeness (QED) is 0.163. The van der Waals surface area contributed by atoms with Crippen LogP contribution in [0.1, 0.15) is 149 Å². The van der Waals surface area contributed by atoms with Gasteiger partial charge in [0.15, 0.2) is 0 Å². The summed E-state index contributed by atoms with van der Waals surface area (Å²) in [4.78, 5) is 9.51. The van der Waals surface area contributed by atoms with E-state index < -0.39 is 0 Å². The van der Waals surface area contributed by atoms with Gasteiger partial charge in [0.1, 0.15) is 5.75 Å². The lowest BCUT2D eigenvalue weighted by atomic mass is 9.78. The minimum atomic E-state index is -0.381. The van der Waals surface area contributed by atoms with Gasteiger partial charge in [0.25, 0.3) is 0 Å². The van der Waals surface area contributed by atoms with Gasteiger partial charge in [-0.1, -0.05) is 131 Å². The van der Waals surface area contributed by atoms with Crippen LogP contribution in [0.2, 0.25) is 0 Å². The second-order valence-electron chi connectivity index (χ2n) is 11.8. The maximum Gasteiger partial charge on any atom is 0.314 e. The number of hydrogen-bond donors (Lipinski definition) is 2. The van der Waals surface area contributed by atoms with Crippen molar-refractivity contribution in [2.24, 2.45) is 0 Å². The maximum absolute atomic E-state index is 10.9. The van der Waals surface area contributed by atoms with E-state index in [2.05, 4.69) is 77.7 Å². The smallest absolute Gasteiger partial charge is 0.314 e. The van der Waals surface area contributed by atoms with Crippen molar-refractivity contribution in [1.29, 1.82) is 0 Å². The second-order valence-corrected chi connectivity index (χ2v) is 11.9. The molecule has 1 rings (SSSR count). The molecule has 0 aliphatic carbocycles. The van der Waals surface area contributed by atoms with E-state index in [-0.39, 0.29) is 16.8 Å². The van der Waals surface area contributed by atoms with Crippen LogP contribution in [0.5, 0.6) is 5.75 Å². The molecule has 0 spiro atoms. The molecule has 0 aliphatic rings. The van der Waals surface area contributed by atoms with E-state index in [1.807, 2.05) is 0 Å². The van der Waals surface area contributed by atoms with E-state index in [1.165, 1.54) is 89.5 Å². The Balaban J connectivity index is 0.00000196. The first kappa shape index (κ1) is 32.8. The number of carbonyl (C=O) groups is 1. The molecule has 1 N–H and O–H groups in total. The number of benzene rings is 1. The Morgan fingerprint density at radius 1 is 0.765 bits per heavy atom. The number of rotatable bonds is 13. The van der Waals surface area contributed by atoms with Crippen LogP contribution in [0.4, 0.5) is 0 Å². The van der Waals surface area contributed by atoms with Crippen LogP contribution in [0.15, 0.2) is 12.1 Å². The van der Waals surface area contributed by atoms with E-state index >= 15 is 0 Å². The number of phenols is 1. The van der Waals surface area contributed by atoms with Crippen LogP contribution in [0.25, 0.3) is 0 Å². The summed E-state index contributed by atoms with van der Waals surface area (Å²) >= 11 is 3.17. The molecule has 4 heteroatoms. The Morgan fingerprint density at radius 2 is 1.09 bits per heavy atom. The molecule has 0 heterocycles. The van der Waals surface area contributed by atoms with Crippen LogP contribution < -0.4 is 0 Å². The number of aromatic hydroxyl groups is 1. The Kier molecular flexibility index (Phi) is 16.7. The third-order valence-corrected chi connectivity index (χ3v) is 6.49. The zero-order valence-electron chi connectivity index (χ0n) is 23.6. The van der Waals surface area contributed by atoms with Crippen molar-refractivity contribution in [3.8, 4) is 5.75 Å². The summed E-state index contributed by atoms with van der Waals surface area (Å²) in [7, 11) is 0. The largest absolute Gasteiger partial charge is 0.507 e. The van der Waals surface area contributed by atoms with Gasteiger partial charge in [-0.05, 0) is 40.4 Å². The van der Waals surface area contributed by atoms with Crippen molar-refractivity contribution in [3.05, 3.63) is 28.8 Å². The molecule has 0 atom stereocenters. The average Bonchev–Trinajstić information content (AvgIpc) is 2.74. The van der Waals surface area contributed by atoms with Crippen molar-refractivity contribution >= 4 is 18.9 Å². The number of unbranched alkanes of at least 4 members (excludes halogenated alkanes) is 11. The molecular weight excluding hydrogens is 440 g/mol. The van der Waals surface area contributed by atoms with Gasteiger partial charge in [-0.15, -0.1) is 0 Å². The zero-order valence-corrected chi connectivity index (χ0v) is 24.5. The minimum Gasteiger partial charge on any atom is -0.507 e. The van der Waals surface area contributed by atoms with Gasteiger partial charge in [-0.3, -0.25) is 4.79 Å². The maximum atomic E-state index is 10.9. The lowest BCUT2D eigenvalue weighted by Gasteiger charge is -2.28. The number of thiol groups is 1. The number of aryl methyl sites for hydroxylation is 1. The molecule has 0 unspecified atom stereocenters. The van der Waals surface area contributed by atoms with Gasteiger partial charge in [0.2, 0.25) is 0 Å². The molecule has 0 aromatic heterocycles. The number of hydrogen-bond acceptors (Lipinski definition) is 4. The monoisotopic (exact) mass is 494 g/mol. The predicted molar refractivity (Wildman–Crippen MR) is 151 cm³/mol. The Hall–Kier alpha value is -1.16. The molecule has 3 nitrogen and oxygen atoms in total. The molecule has 0 saturated heterocycles. The van der Waals surface area contributed by atoms with Crippen molar-refractivity contribution in [2.75, 3.05) is 0 Å². The summed E-state index contributed by atoms with van der Waals surface area (Å²) in [6, 6.07) is 4.51. The van der Waals surface area contributed by atoms with E-state index in [1.54, 1.807) is 0 Å². The standard InChI is InChI=1S/C28H50O.C2H4O2S/c1-8-9-10-11-12-13-14-15-16-17-18-19-20-23-21-24(27(2,3)4)26(29)25(22-23)28(5,6)7;1-2(3)4-5/h21-22,29H,8-20H2,1-7H3;5H,1H3. The van der Waals surface area contributed by atoms with Crippen molar-refractivity contribution in [1.82, 2.24) is 0 Å². The highest BCUT2D eigenvalue weighted by Crippen LogP contribution is 2.40. The van der Waals surface area contributed by atoms with Gasteiger partial charge in [-0.2, -0.15) is 0 Å². The zero-order chi connectivity index (χ0) is 26.2. The van der Waals surface area contributed by atoms with E-state index in [4.69, 9.17) is 0 Å². The topological polar surface area (TPSA) is 46.5 Å². The minimum absolute atomic E-state index is 0.0311. The lowest BCUT2D eigenvalue weighted by molar-refractivity contribution is -0.130. The van der Waals surface area contributed by atoms with Crippen LogP contribution in [-0.4, -0.2) is 11.1 Å². The lowest BCUT2D eigenvalue weighted by Crippen LogP contribution is -2.18. The van der Waals surface area contributed by atoms with Crippen molar-refractivity contribution in [3.63, 3.8) is 0 Å². The van der Waals surface area contributed by atoms with Crippen molar-refractivity contribution in [2.45, 2.75) is 150 Å². The molecule has 0 radical (unpaired) electrons. The highest BCUT2D eigenvalue weighted by molar-refractivity contribution is 7.75. The normalized spacial score (nSPS) is 11.7. The first-order chi connectivity index (χ1) is 15.8. The highest BCUT2D eigenvalue weighted by atomic mass is 32.1. The average molecular weight is 495 g/mol. The fraction of sp³-hybridized carbons (Fsp3) is 0.767. The molecule has 1 aromatic rings. The fourth-order valence-electron chi connectivity index (χ4n) is 4.15. The van der Waals surface area contributed by atoms with E-state index in [9.17, 15) is 9.90 Å². The van der Waals surface area contributed by atoms with Crippen molar-refractivity contribution < 1.29 is 14.1 Å². The summed E-state index contributed by atoms with van der Waals surface area (Å²) < 4.78 is 3.81. The van der Waals surface area contributed by atoms with E-state index in [0.29, 0.717) is 5.75 Å². The molecule has 0 aliphatic heterocycles. The SMILES string of the molecule is CC(=O)OS.CCCCCCCCCCCCCCc1cc(C(C)(C)C)c(O)c(C(C)(C)C)c1. The Bertz CT molecular complexity index is 648. The number of carbonyl (C=O) groups excluding carboxylic acids is 1. The predicted octanol–water partition coefficient (Wildman–Crippen LogP) is 9.63. The third kappa shape index (κ3) is 15.0. The fourth-order valence-corrected chi connectivity index (χ4v) is 4.15. The van der Waals surface area contributed by atoms with Gasteiger partial charge in [0, 0.05) is 19.8 Å². The summed E-state index contributed by atoms with van der Waals surface area (Å²) in [6.45, 7) is 16.8. The molecule has 0 amide bonds. The highest BCUT2D eigenvalue weighted by Gasteiger charge is 2.26. The molecule has 0 bridgehead atoms. The molecule has 0 saturated carbocycles. The Morgan fingerprint density at radius 3 is 1.38 bits per heavy atom. The van der Waals surface area contributed by atoms with Crippen LogP contribution >= 0.6 is 12.9 Å². The molecule has 198 valence electrons. The molecule has 0 fully saturated rings. The van der Waals surface area contributed by atoms with Crippen LogP contribution in [0, 0.1) is 0 Å². The summed E-state index contributed by atoms with van der Waals surface area (Å²) in [5.74, 6) is 0.122. The molecule has 34 heavy (non-hydrogen) atoms. The first-order valence-electron chi connectivity index (χ1n) is 13.5. The van der Waals surface area contributed by atoms with Gasteiger partial charge in [-0.25, -0.2) is 0 Å². The first-order valence-corrected chi connectivity index (χ1v) is 13.9. The summed E-state index contributed by atoms with van der Waals surface area (Å²) in [5.41, 5.74) is 3.52.